The summed E-state index contributed by atoms with van der Waals surface area (Å²) in [5.41, 5.74) is -1.03. The fraction of sp³-hybridized carbons (Fsp3) is 0.444. The molecule has 0 aliphatic carbocycles. The van der Waals surface area contributed by atoms with E-state index in [1.54, 1.807) is 20.8 Å². The lowest BCUT2D eigenvalue weighted by Gasteiger charge is -2.27. The van der Waals surface area contributed by atoms with Crippen molar-refractivity contribution in [3.8, 4) is 11.4 Å². The highest BCUT2D eigenvalue weighted by molar-refractivity contribution is 6.02. The van der Waals surface area contributed by atoms with Crippen molar-refractivity contribution in [3.63, 3.8) is 0 Å². The Kier molecular flexibility index (Phi) is 5.10. The smallest absolute Gasteiger partial charge is 0.458 e. The molecule has 0 N–H and O–H groups in total. The monoisotopic (exact) mass is 415 g/mol. The average Bonchev–Trinajstić information content (AvgIpc) is 3.19. The average molecular weight is 415 g/mol. The Labute approximate surface area is 162 Å². The van der Waals surface area contributed by atoms with Crippen molar-refractivity contribution < 1.29 is 36.4 Å². The van der Waals surface area contributed by atoms with Gasteiger partial charge < -0.3 is 9.26 Å². The van der Waals surface area contributed by atoms with Gasteiger partial charge in [-0.3, -0.25) is 9.69 Å². The second kappa shape index (κ2) is 7.12. The Morgan fingerprint density at radius 1 is 1.28 bits per heavy atom. The standard InChI is InChI=1S/C18H17F4N3O4/c1-17(2,3)28-15(27)12-6-7-13(26)25(12)9-4-5-10(11(19)8-9)14-23-16(29-24-14)18(20,21)22/h4-5,8,12H,6-7H2,1-3H3/t12-/m0/s1. The van der Waals surface area contributed by atoms with E-state index in [4.69, 9.17) is 4.74 Å². The van der Waals surface area contributed by atoms with Crippen LogP contribution in [-0.4, -0.2) is 33.7 Å². The Morgan fingerprint density at radius 3 is 2.52 bits per heavy atom. The Hall–Kier alpha value is -2.98. The molecule has 7 nitrogen and oxygen atoms in total. The lowest BCUT2D eigenvalue weighted by molar-refractivity contribution is -0.159. The number of benzene rings is 1. The summed E-state index contributed by atoms with van der Waals surface area (Å²) < 4.78 is 61.7. The third kappa shape index (κ3) is 4.38. The molecule has 29 heavy (non-hydrogen) atoms. The van der Waals surface area contributed by atoms with Gasteiger partial charge in [0.2, 0.25) is 11.7 Å². The van der Waals surface area contributed by atoms with Gasteiger partial charge in [0, 0.05) is 12.1 Å². The van der Waals surface area contributed by atoms with Crippen LogP contribution < -0.4 is 4.90 Å². The Bertz CT molecular complexity index is 949. The minimum Gasteiger partial charge on any atom is -0.458 e. The van der Waals surface area contributed by atoms with Crippen LogP contribution in [0.4, 0.5) is 23.2 Å². The van der Waals surface area contributed by atoms with E-state index >= 15 is 0 Å². The van der Waals surface area contributed by atoms with Crippen molar-refractivity contribution >= 4 is 17.6 Å². The van der Waals surface area contributed by atoms with Gasteiger partial charge in [0.1, 0.15) is 17.5 Å². The number of amides is 1. The predicted molar refractivity (Wildman–Crippen MR) is 91.0 cm³/mol. The Balaban J connectivity index is 1.89. The third-order valence-corrected chi connectivity index (χ3v) is 4.03. The zero-order valence-corrected chi connectivity index (χ0v) is 15.7. The Morgan fingerprint density at radius 2 is 1.97 bits per heavy atom. The molecule has 2 aromatic rings. The lowest BCUT2D eigenvalue weighted by atomic mass is 10.1. The first-order chi connectivity index (χ1) is 13.4. The zero-order valence-electron chi connectivity index (χ0n) is 15.7. The van der Waals surface area contributed by atoms with Gasteiger partial charge in [0.05, 0.1) is 5.56 Å². The van der Waals surface area contributed by atoms with Crippen molar-refractivity contribution in [2.75, 3.05) is 4.90 Å². The molecule has 2 heterocycles. The highest BCUT2D eigenvalue weighted by Gasteiger charge is 2.40. The zero-order chi connectivity index (χ0) is 21.6. The van der Waals surface area contributed by atoms with Crippen molar-refractivity contribution in [2.45, 2.75) is 51.4 Å². The van der Waals surface area contributed by atoms with E-state index in [9.17, 15) is 27.2 Å². The molecule has 1 aliphatic rings. The molecule has 156 valence electrons. The number of carbonyl (C=O) groups excluding carboxylic acids is 2. The molecule has 1 amide bonds. The van der Waals surface area contributed by atoms with Crippen molar-refractivity contribution in [1.29, 1.82) is 0 Å². The number of carbonyl (C=O) groups is 2. The number of ether oxygens (including phenoxy) is 1. The molecule has 1 fully saturated rings. The van der Waals surface area contributed by atoms with E-state index in [0.717, 1.165) is 17.0 Å². The van der Waals surface area contributed by atoms with Gasteiger partial charge in [-0.2, -0.15) is 18.2 Å². The van der Waals surface area contributed by atoms with Gasteiger partial charge in [0.25, 0.3) is 0 Å². The van der Waals surface area contributed by atoms with Gasteiger partial charge in [-0.25, -0.2) is 9.18 Å². The number of anilines is 1. The molecule has 0 bridgehead atoms. The highest BCUT2D eigenvalue weighted by atomic mass is 19.4. The first kappa shape index (κ1) is 20.7. The van der Waals surface area contributed by atoms with Crippen LogP contribution >= 0.6 is 0 Å². The maximum Gasteiger partial charge on any atom is 0.471 e. The molecular weight excluding hydrogens is 398 g/mol. The molecule has 1 atom stereocenters. The number of rotatable bonds is 3. The number of hydrogen-bond acceptors (Lipinski definition) is 6. The summed E-state index contributed by atoms with van der Waals surface area (Å²) in [5.74, 6) is -4.18. The topological polar surface area (TPSA) is 85.5 Å². The first-order valence-electron chi connectivity index (χ1n) is 8.62. The highest BCUT2D eigenvalue weighted by Crippen LogP contribution is 2.33. The quantitative estimate of drug-likeness (QED) is 0.561. The molecule has 0 spiro atoms. The predicted octanol–water partition coefficient (Wildman–Crippen LogP) is 3.73. The molecule has 1 aromatic carbocycles. The van der Waals surface area contributed by atoms with E-state index in [1.165, 1.54) is 6.07 Å². The fourth-order valence-electron chi connectivity index (χ4n) is 2.88. The number of nitrogens with zero attached hydrogens (tertiary/aromatic N) is 3. The van der Waals surface area contributed by atoms with Gasteiger partial charge in [-0.1, -0.05) is 5.16 Å². The first-order valence-corrected chi connectivity index (χ1v) is 8.62. The van der Waals surface area contributed by atoms with Crippen LogP contribution in [0.15, 0.2) is 22.7 Å². The fourth-order valence-corrected chi connectivity index (χ4v) is 2.88. The lowest BCUT2D eigenvalue weighted by Crippen LogP contribution is -2.42. The summed E-state index contributed by atoms with van der Waals surface area (Å²) in [6.45, 7) is 5.04. The molecule has 0 unspecified atom stereocenters. The van der Waals surface area contributed by atoms with Crippen molar-refractivity contribution in [3.05, 3.63) is 29.9 Å². The SMILES string of the molecule is CC(C)(C)OC(=O)[C@@H]1CCC(=O)N1c1ccc(-c2noc(C(F)(F)F)n2)c(F)c1. The summed E-state index contributed by atoms with van der Waals surface area (Å²) in [7, 11) is 0. The molecule has 0 saturated carbocycles. The second-order valence-corrected chi connectivity index (χ2v) is 7.44. The van der Waals surface area contributed by atoms with Gasteiger partial charge in [0.15, 0.2) is 0 Å². The van der Waals surface area contributed by atoms with Crippen LogP contribution in [0.3, 0.4) is 0 Å². The largest absolute Gasteiger partial charge is 0.471 e. The number of esters is 1. The van der Waals surface area contributed by atoms with E-state index in [2.05, 4.69) is 14.7 Å². The number of hydrogen-bond donors (Lipinski definition) is 0. The van der Waals surface area contributed by atoms with Gasteiger partial charge in [-0.15, -0.1) is 0 Å². The minimum absolute atomic E-state index is 0.0733. The van der Waals surface area contributed by atoms with Gasteiger partial charge >= 0.3 is 18.0 Å². The molecule has 1 aliphatic heterocycles. The molecule has 0 radical (unpaired) electrons. The van der Waals surface area contributed by atoms with Crippen LogP contribution in [0.5, 0.6) is 0 Å². The maximum absolute atomic E-state index is 14.6. The molecular formula is C18H17F4N3O4. The summed E-state index contributed by atoms with van der Waals surface area (Å²) in [4.78, 5) is 28.9. The molecule has 1 aromatic heterocycles. The summed E-state index contributed by atoms with van der Waals surface area (Å²) in [5, 5.41) is 3.14. The van der Waals surface area contributed by atoms with Crippen LogP contribution in [0, 0.1) is 5.82 Å². The minimum atomic E-state index is -4.86. The van der Waals surface area contributed by atoms with E-state index in [1.807, 2.05) is 0 Å². The number of halogens is 4. The van der Waals surface area contributed by atoms with E-state index in [0.29, 0.717) is 0 Å². The normalized spacial score (nSPS) is 17.7. The summed E-state index contributed by atoms with van der Waals surface area (Å²) >= 11 is 0. The summed E-state index contributed by atoms with van der Waals surface area (Å²) in [6.07, 6.45) is -4.58. The van der Waals surface area contributed by atoms with Crippen LogP contribution in [0.2, 0.25) is 0 Å². The van der Waals surface area contributed by atoms with Crippen molar-refractivity contribution in [2.24, 2.45) is 0 Å². The molecule has 11 heteroatoms. The van der Waals surface area contributed by atoms with Crippen LogP contribution in [0.25, 0.3) is 11.4 Å². The van der Waals surface area contributed by atoms with Crippen LogP contribution in [0.1, 0.15) is 39.5 Å². The second-order valence-electron chi connectivity index (χ2n) is 7.44. The molecule has 3 rings (SSSR count). The number of alkyl halides is 3. The summed E-state index contributed by atoms with van der Waals surface area (Å²) in [6, 6.07) is 2.42. The van der Waals surface area contributed by atoms with E-state index < -0.39 is 47.2 Å². The molecule has 1 saturated heterocycles. The maximum atomic E-state index is 14.6. The van der Waals surface area contributed by atoms with Crippen molar-refractivity contribution in [1.82, 2.24) is 10.1 Å². The number of aromatic nitrogens is 2. The third-order valence-electron chi connectivity index (χ3n) is 4.03. The van der Waals surface area contributed by atoms with E-state index in [-0.39, 0.29) is 24.1 Å². The van der Waals surface area contributed by atoms with Gasteiger partial charge in [-0.05, 0) is 45.4 Å². The van der Waals surface area contributed by atoms with Crippen LogP contribution in [-0.2, 0) is 20.5 Å².